The Kier molecular flexibility index (Phi) is 13.5. The summed E-state index contributed by atoms with van der Waals surface area (Å²) < 4.78 is 10.9. The minimum atomic E-state index is 0.0505. The molecule has 7 heteroatoms. The monoisotopic (exact) mass is 458 g/mol. The zero-order valence-corrected chi connectivity index (χ0v) is 21.5. The molecule has 1 saturated heterocycles. The number of likely N-dealkylation sites (tertiary alicyclic amines) is 1. The Bertz CT molecular complexity index is 995. The lowest BCUT2D eigenvalue weighted by atomic mass is 10.0. The van der Waals surface area contributed by atoms with Crippen LogP contribution in [-0.2, 0) is 11.3 Å². The van der Waals surface area contributed by atoms with Gasteiger partial charge >= 0.3 is 0 Å². The van der Waals surface area contributed by atoms with Crippen LogP contribution in [0.3, 0.4) is 0 Å². The van der Waals surface area contributed by atoms with Crippen LogP contribution in [0.15, 0.2) is 34.9 Å². The number of fused-ring (bicyclic) bond motifs is 1. The second-order valence-corrected chi connectivity index (χ2v) is 8.33. The SMILES string of the molecule is CC.CC1=CC=CC#CC1.COC.Cc1nsc2c(=O)n(CC3CCCCN3C)cnc12. The smallest absolute Gasteiger partial charge is 0.272 e. The molecule has 1 aliphatic carbocycles. The first-order chi connectivity index (χ1) is 15.5. The Morgan fingerprint density at radius 3 is 2.66 bits per heavy atom. The molecule has 6 nitrogen and oxygen atoms in total. The number of ether oxygens (including phenoxy) is 1. The number of aryl methyl sites for hydroxylation is 1. The van der Waals surface area contributed by atoms with Crippen LogP contribution in [-0.4, -0.2) is 52.7 Å². The van der Waals surface area contributed by atoms with E-state index in [0.29, 0.717) is 10.7 Å². The summed E-state index contributed by atoms with van der Waals surface area (Å²) in [7, 11) is 5.39. The molecule has 2 aromatic heterocycles. The van der Waals surface area contributed by atoms with Crippen molar-refractivity contribution in [2.75, 3.05) is 27.8 Å². The van der Waals surface area contributed by atoms with Crippen molar-refractivity contribution in [2.24, 2.45) is 0 Å². The molecule has 2 aromatic rings. The number of hydrogen-bond donors (Lipinski definition) is 0. The Morgan fingerprint density at radius 1 is 1.25 bits per heavy atom. The number of piperidine rings is 1. The van der Waals surface area contributed by atoms with Crippen LogP contribution in [0.25, 0.3) is 10.2 Å². The van der Waals surface area contributed by atoms with Gasteiger partial charge in [0.1, 0.15) is 10.2 Å². The van der Waals surface area contributed by atoms with Crippen molar-refractivity contribution < 1.29 is 4.74 Å². The van der Waals surface area contributed by atoms with Gasteiger partial charge in [-0.15, -0.1) is 0 Å². The summed E-state index contributed by atoms with van der Waals surface area (Å²) in [5, 5.41) is 0. The third-order valence-corrected chi connectivity index (χ3v) is 5.89. The van der Waals surface area contributed by atoms with E-state index in [-0.39, 0.29) is 5.56 Å². The normalized spacial score (nSPS) is 17.2. The quantitative estimate of drug-likeness (QED) is 0.603. The van der Waals surface area contributed by atoms with Gasteiger partial charge in [0.05, 0.1) is 12.0 Å². The molecule has 0 spiro atoms. The zero-order chi connectivity index (χ0) is 23.9. The van der Waals surface area contributed by atoms with Gasteiger partial charge in [0.25, 0.3) is 5.56 Å². The maximum Gasteiger partial charge on any atom is 0.272 e. The fourth-order valence-corrected chi connectivity index (χ4v) is 4.07. The molecule has 2 aliphatic rings. The van der Waals surface area contributed by atoms with Crippen molar-refractivity contribution in [3.05, 3.63) is 46.2 Å². The van der Waals surface area contributed by atoms with E-state index in [1.807, 2.05) is 32.9 Å². The van der Waals surface area contributed by atoms with Crippen molar-refractivity contribution in [1.29, 1.82) is 0 Å². The van der Waals surface area contributed by atoms with Gasteiger partial charge in [-0.25, -0.2) is 4.98 Å². The van der Waals surface area contributed by atoms with Crippen LogP contribution in [0, 0.1) is 18.8 Å². The Morgan fingerprint density at radius 2 is 1.97 bits per heavy atom. The molecule has 1 atom stereocenters. The summed E-state index contributed by atoms with van der Waals surface area (Å²) >= 11 is 1.26. The van der Waals surface area contributed by atoms with Gasteiger partial charge in [-0.3, -0.25) is 9.36 Å². The third kappa shape index (κ3) is 8.70. The highest BCUT2D eigenvalue weighted by molar-refractivity contribution is 7.13. The molecule has 0 bridgehead atoms. The van der Waals surface area contributed by atoms with Crippen LogP contribution in [0.2, 0.25) is 0 Å². The first kappa shape index (κ1) is 27.8. The van der Waals surface area contributed by atoms with Crippen LogP contribution in [0.1, 0.15) is 52.1 Å². The van der Waals surface area contributed by atoms with Gasteiger partial charge in [0.15, 0.2) is 0 Å². The highest BCUT2D eigenvalue weighted by atomic mass is 32.1. The average Bonchev–Trinajstić information content (AvgIpc) is 3.01. The Balaban J connectivity index is 0.000000328. The lowest BCUT2D eigenvalue weighted by Crippen LogP contribution is -2.41. The van der Waals surface area contributed by atoms with E-state index in [1.54, 1.807) is 25.1 Å². The number of methoxy groups -OCH3 is 1. The predicted octanol–water partition coefficient (Wildman–Crippen LogP) is 4.83. The molecule has 0 aromatic carbocycles. The van der Waals surface area contributed by atoms with Crippen molar-refractivity contribution in [3.63, 3.8) is 0 Å². The largest absolute Gasteiger partial charge is 0.388 e. The second kappa shape index (κ2) is 15.5. The lowest BCUT2D eigenvalue weighted by Gasteiger charge is -2.32. The first-order valence-electron chi connectivity index (χ1n) is 11.2. The molecule has 32 heavy (non-hydrogen) atoms. The van der Waals surface area contributed by atoms with Gasteiger partial charge in [0.2, 0.25) is 0 Å². The lowest BCUT2D eigenvalue weighted by molar-refractivity contribution is 0.166. The molecule has 1 fully saturated rings. The zero-order valence-electron chi connectivity index (χ0n) is 20.6. The van der Waals surface area contributed by atoms with E-state index in [4.69, 9.17) is 0 Å². The molecule has 0 saturated carbocycles. The maximum absolute atomic E-state index is 12.4. The molecule has 1 unspecified atom stereocenters. The van der Waals surface area contributed by atoms with Gasteiger partial charge in [-0.05, 0) is 57.9 Å². The molecule has 0 amide bonds. The summed E-state index contributed by atoms with van der Waals surface area (Å²) in [6.45, 7) is 9.83. The number of hydrogen-bond acceptors (Lipinski definition) is 6. The second-order valence-electron chi connectivity index (χ2n) is 7.56. The standard InChI is InChI=1S/C13H18N4OS.C8H8.C2H6O.C2H6/c1-9-11-12(19-15-9)13(18)17(8-14-11)7-10-5-3-4-6-16(10)2;1-8-6-4-2-3-5-7-8;1-3-2;1-2/h8,10H,3-7H2,1-2H3;2,4,6H,7H2,1H3;1-2H3;1-2H3. The number of likely N-dealkylation sites (N-methyl/N-ethyl adjacent to an activating group) is 1. The topological polar surface area (TPSA) is 60.2 Å². The van der Waals surface area contributed by atoms with Crippen LogP contribution >= 0.6 is 11.5 Å². The molecule has 0 radical (unpaired) electrons. The van der Waals surface area contributed by atoms with Gasteiger partial charge in [-0.1, -0.05) is 49.8 Å². The predicted molar refractivity (Wildman–Crippen MR) is 136 cm³/mol. The number of aromatic nitrogens is 3. The number of nitrogens with zero attached hydrogens (tertiary/aromatic N) is 4. The van der Waals surface area contributed by atoms with Crippen molar-refractivity contribution in [2.45, 2.75) is 66.0 Å². The number of rotatable bonds is 2. The third-order valence-electron chi connectivity index (χ3n) is 4.97. The molecule has 176 valence electrons. The number of allylic oxidation sites excluding steroid dienone is 4. The van der Waals surface area contributed by atoms with Crippen LogP contribution in [0.4, 0.5) is 0 Å². The molecular formula is C25H38N4O2S. The molecule has 0 N–H and O–H groups in total. The highest BCUT2D eigenvalue weighted by Crippen LogP contribution is 2.18. The molecule has 3 heterocycles. The summed E-state index contributed by atoms with van der Waals surface area (Å²) in [5.41, 5.74) is 2.99. The summed E-state index contributed by atoms with van der Waals surface area (Å²) in [4.78, 5) is 19.1. The average molecular weight is 459 g/mol. The van der Waals surface area contributed by atoms with Crippen molar-refractivity contribution >= 4 is 21.7 Å². The van der Waals surface area contributed by atoms with Crippen molar-refractivity contribution in [1.82, 2.24) is 18.8 Å². The maximum atomic E-state index is 12.4. The van der Waals surface area contributed by atoms with E-state index >= 15 is 0 Å². The highest BCUT2D eigenvalue weighted by Gasteiger charge is 2.20. The van der Waals surface area contributed by atoms with Gasteiger partial charge in [0, 0.05) is 33.2 Å². The van der Waals surface area contributed by atoms with Gasteiger partial charge in [-0.2, -0.15) is 4.37 Å². The Hall–Kier alpha value is -2.27. The minimum absolute atomic E-state index is 0.0505. The fraction of sp³-hybridized carbons (Fsp3) is 0.560. The fourth-order valence-electron chi connectivity index (χ4n) is 3.27. The van der Waals surface area contributed by atoms with E-state index in [1.165, 1.54) is 29.9 Å². The molecule has 4 rings (SSSR count). The van der Waals surface area contributed by atoms with Crippen LogP contribution < -0.4 is 5.56 Å². The van der Waals surface area contributed by atoms with Crippen LogP contribution in [0.5, 0.6) is 0 Å². The first-order valence-corrected chi connectivity index (χ1v) is 12.0. The molecule has 1 aliphatic heterocycles. The van der Waals surface area contributed by atoms with E-state index in [2.05, 4.69) is 50.9 Å². The molecular weight excluding hydrogens is 420 g/mol. The minimum Gasteiger partial charge on any atom is -0.388 e. The van der Waals surface area contributed by atoms with E-state index in [9.17, 15) is 4.79 Å². The van der Waals surface area contributed by atoms with Crippen molar-refractivity contribution in [3.8, 4) is 11.8 Å². The summed E-state index contributed by atoms with van der Waals surface area (Å²) in [6.07, 6.45) is 12.2. The van der Waals surface area contributed by atoms with E-state index < -0.39 is 0 Å². The van der Waals surface area contributed by atoms with E-state index in [0.717, 1.165) is 37.1 Å². The van der Waals surface area contributed by atoms with Gasteiger partial charge < -0.3 is 9.64 Å². The summed E-state index contributed by atoms with van der Waals surface area (Å²) in [5.74, 6) is 5.89. The summed E-state index contributed by atoms with van der Waals surface area (Å²) in [6, 6.07) is 0.444. The Labute approximate surface area is 197 Å².